The van der Waals surface area contributed by atoms with Crippen molar-refractivity contribution in [2.24, 2.45) is 0 Å². The van der Waals surface area contributed by atoms with Crippen LogP contribution in [0.25, 0.3) is 0 Å². The first-order valence-corrected chi connectivity index (χ1v) is 5.16. The molecule has 0 radical (unpaired) electrons. The molecule has 0 heterocycles. The molecule has 0 amide bonds. The number of rotatable bonds is 5. The first-order chi connectivity index (χ1) is 8.33. The van der Waals surface area contributed by atoms with Gasteiger partial charge in [0, 0.05) is 0 Å². The molecular weight excluding hydrogens is 249 g/mol. The fourth-order valence-corrected chi connectivity index (χ4v) is 1.37. The molecule has 0 bridgehead atoms. The molecule has 3 nitrogen and oxygen atoms in total. The van der Waals surface area contributed by atoms with Gasteiger partial charge in [-0.25, -0.2) is 0 Å². The van der Waals surface area contributed by atoms with Gasteiger partial charge in [-0.15, -0.1) is 0 Å². The van der Waals surface area contributed by atoms with Crippen LogP contribution < -0.4 is 4.74 Å². The Labute approximate surface area is 103 Å². The van der Waals surface area contributed by atoms with Crippen LogP contribution in [0, 0.1) is 6.92 Å². The minimum absolute atomic E-state index is 0.213. The molecule has 0 fully saturated rings. The molecule has 0 saturated carbocycles. The zero-order chi connectivity index (χ0) is 13.8. The first-order valence-electron chi connectivity index (χ1n) is 5.16. The summed E-state index contributed by atoms with van der Waals surface area (Å²) in [5.74, 6) is -0.216. The average Bonchev–Trinajstić information content (AvgIpc) is 2.26. The van der Waals surface area contributed by atoms with Crippen molar-refractivity contribution in [1.29, 1.82) is 0 Å². The molecule has 1 aromatic carbocycles. The van der Waals surface area contributed by atoms with Gasteiger partial charge in [0.15, 0.2) is 5.78 Å². The molecule has 0 atom stereocenters. The summed E-state index contributed by atoms with van der Waals surface area (Å²) in [5.41, 5.74) is 1.10. The maximum absolute atomic E-state index is 11.8. The summed E-state index contributed by atoms with van der Waals surface area (Å²) >= 11 is 0. The van der Waals surface area contributed by atoms with Gasteiger partial charge in [0.2, 0.25) is 0 Å². The van der Waals surface area contributed by atoms with Crippen LogP contribution in [0.3, 0.4) is 0 Å². The molecule has 0 N–H and O–H groups in total. The van der Waals surface area contributed by atoms with Crippen molar-refractivity contribution >= 4 is 5.78 Å². The van der Waals surface area contributed by atoms with E-state index < -0.39 is 25.2 Å². The smallest absolute Gasteiger partial charge is 0.411 e. The number of hydrogen-bond donors (Lipinski definition) is 0. The van der Waals surface area contributed by atoms with E-state index in [4.69, 9.17) is 4.74 Å². The standard InChI is InChI=1S/C12H13F3O3/c1-8-3-4-9(11(5-8)17-2)10(16)6-18-7-12(13,14)15/h3-5H,6-7H2,1-2H3. The van der Waals surface area contributed by atoms with E-state index in [0.29, 0.717) is 5.75 Å². The second-order valence-electron chi connectivity index (χ2n) is 3.73. The third-order valence-electron chi connectivity index (χ3n) is 2.16. The molecule has 0 spiro atoms. The van der Waals surface area contributed by atoms with Crippen LogP contribution in [-0.2, 0) is 4.74 Å². The lowest BCUT2D eigenvalue weighted by Gasteiger charge is -2.10. The fraction of sp³-hybridized carbons (Fsp3) is 0.417. The van der Waals surface area contributed by atoms with Gasteiger partial charge in [0.25, 0.3) is 0 Å². The Morgan fingerprint density at radius 2 is 2.00 bits per heavy atom. The van der Waals surface area contributed by atoms with E-state index in [1.165, 1.54) is 13.2 Å². The molecule has 0 aromatic heterocycles. The Bertz CT molecular complexity index is 427. The van der Waals surface area contributed by atoms with Crippen molar-refractivity contribution in [2.45, 2.75) is 13.1 Å². The lowest BCUT2D eigenvalue weighted by molar-refractivity contribution is -0.170. The predicted molar refractivity (Wildman–Crippen MR) is 58.9 cm³/mol. The van der Waals surface area contributed by atoms with E-state index in [-0.39, 0.29) is 5.56 Å². The lowest BCUT2D eigenvalue weighted by Crippen LogP contribution is -2.20. The van der Waals surface area contributed by atoms with E-state index in [9.17, 15) is 18.0 Å². The Balaban J connectivity index is 2.67. The number of ether oxygens (including phenoxy) is 2. The van der Waals surface area contributed by atoms with Crippen LogP contribution in [0.15, 0.2) is 18.2 Å². The first kappa shape index (κ1) is 14.5. The van der Waals surface area contributed by atoms with E-state index in [1.807, 2.05) is 6.92 Å². The summed E-state index contributed by atoms with van der Waals surface area (Å²) in [5, 5.41) is 0. The number of carbonyl (C=O) groups is 1. The van der Waals surface area contributed by atoms with Crippen LogP contribution in [-0.4, -0.2) is 32.3 Å². The maximum atomic E-state index is 11.8. The van der Waals surface area contributed by atoms with Crippen molar-refractivity contribution in [3.8, 4) is 5.75 Å². The number of Topliss-reactive ketones (excluding diaryl/α,β-unsaturated/α-hetero) is 1. The third-order valence-corrected chi connectivity index (χ3v) is 2.16. The summed E-state index contributed by atoms with van der Waals surface area (Å²) < 4.78 is 44.8. The highest BCUT2D eigenvalue weighted by Crippen LogP contribution is 2.21. The summed E-state index contributed by atoms with van der Waals surface area (Å²) in [6, 6.07) is 4.82. The summed E-state index contributed by atoms with van der Waals surface area (Å²) in [4.78, 5) is 11.6. The van der Waals surface area contributed by atoms with Gasteiger partial charge in [0.1, 0.15) is 19.0 Å². The van der Waals surface area contributed by atoms with Crippen molar-refractivity contribution in [3.63, 3.8) is 0 Å². The number of halogens is 3. The van der Waals surface area contributed by atoms with Crippen molar-refractivity contribution in [3.05, 3.63) is 29.3 Å². The van der Waals surface area contributed by atoms with Gasteiger partial charge >= 0.3 is 6.18 Å². The molecule has 1 rings (SSSR count). The molecule has 0 unspecified atom stereocenters. The molecule has 0 aliphatic rings. The van der Waals surface area contributed by atoms with Crippen LogP contribution in [0.2, 0.25) is 0 Å². The maximum Gasteiger partial charge on any atom is 0.411 e. The van der Waals surface area contributed by atoms with Crippen molar-refractivity contribution in [1.82, 2.24) is 0 Å². The summed E-state index contributed by atoms with van der Waals surface area (Å²) in [7, 11) is 1.39. The van der Waals surface area contributed by atoms with E-state index in [0.717, 1.165) is 5.56 Å². The Morgan fingerprint density at radius 3 is 2.56 bits per heavy atom. The lowest BCUT2D eigenvalue weighted by atomic mass is 10.1. The van der Waals surface area contributed by atoms with E-state index in [2.05, 4.69) is 4.74 Å². The quantitative estimate of drug-likeness (QED) is 0.765. The largest absolute Gasteiger partial charge is 0.496 e. The van der Waals surface area contributed by atoms with Gasteiger partial charge in [-0.3, -0.25) is 4.79 Å². The molecular formula is C12H13F3O3. The van der Waals surface area contributed by atoms with Gasteiger partial charge < -0.3 is 9.47 Å². The van der Waals surface area contributed by atoms with Crippen LogP contribution in [0.4, 0.5) is 13.2 Å². The summed E-state index contributed by atoms with van der Waals surface area (Å²) in [6.07, 6.45) is -4.43. The Morgan fingerprint density at radius 1 is 1.33 bits per heavy atom. The molecule has 0 saturated heterocycles. The topological polar surface area (TPSA) is 35.5 Å². The Hall–Kier alpha value is -1.56. The zero-order valence-corrected chi connectivity index (χ0v) is 10.0. The normalized spacial score (nSPS) is 11.4. The van der Waals surface area contributed by atoms with Crippen LogP contribution >= 0.6 is 0 Å². The van der Waals surface area contributed by atoms with Crippen molar-refractivity contribution < 1.29 is 27.4 Å². The molecule has 1 aromatic rings. The zero-order valence-electron chi connectivity index (χ0n) is 10.0. The van der Waals surface area contributed by atoms with Crippen LogP contribution in [0.1, 0.15) is 15.9 Å². The number of benzene rings is 1. The second kappa shape index (κ2) is 5.86. The van der Waals surface area contributed by atoms with E-state index in [1.54, 1.807) is 12.1 Å². The number of hydrogen-bond acceptors (Lipinski definition) is 3. The highest BCUT2D eigenvalue weighted by molar-refractivity contribution is 5.99. The second-order valence-corrected chi connectivity index (χ2v) is 3.73. The number of ketones is 1. The molecule has 0 aliphatic carbocycles. The SMILES string of the molecule is COc1cc(C)ccc1C(=O)COCC(F)(F)F. The monoisotopic (exact) mass is 262 g/mol. The highest BCUT2D eigenvalue weighted by atomic mass is 19.4. The number of alkyl halides is 3. The van der Waals surface area contributed by atoms with Gasteiger partial charge in [0.05, 0.1) is 12.7 Å². The van der Waals surface area contributed by atoms with Gasteiger partial charge in [-0.05, 0) is 24.6 Å². The average molecular weight is 262 g/mol. The predicted octanol–water partition coefficient (Wildman–Crippen LogP) is 2.77. The van der Waals surface area contributed by atoms with Crippen molar-refractivity contribution in [2.75, 3.05) is 20.3 Å². The molecule has 100 valence electrons. The highest BCUT2D eigenvalue weighted by Gasteiger charge is 2.28. The van der Waals surface area contributed by atoms with E-state index >= 15 is 0 Å². The fourth-order valence-electron chi connectivity index (χ4n) is 1.37. The Kier molecular flexibility index (Phi) is 4.72. The number of carbonyl (C=O) groups excluding carboxylic acids is 1. The number of methoxy groups -OCH3 is 1. The number of aryl methyl sites for hydroxylation is 1. The van der Waals surface area contributed by atoms with Gasteiger partial charge in [-0.2, -0.15) is 13.2 Å². The van der Waals surface area contributed by atoms with Gasteiger partial charge in [-0.1, -0.05) is 6.07 Å². The molecule has 6 heteroatoms. The molecule has 0 aliphatic heterocycles. The summed E-state index contributed by atoms with van der Waals surface area (Å²) in [6.45, 7) is -0.247. The van der Waals surface area contributed by atoms with Crippen LogP contribution in [0.5, 0.6) is 5.75 Å². The molecule has 18 heavy (non-hydrogen) atoms. The third kappa shape index (κ3) is 4.37. The minimum atomic E-state index is -4.43. The minimum Gasteiger partial charge on any atom is -0.496 e.